The molecule has 0 spiro atoms. The molecule has 7 heteroatoms. The molecular weight excluding hydrogens is 400 g/mol. The summed E-state index contributed by atoms with van der Waals surface area (Å²) in [4.78, 5) is 11.5. The Morgan fingerprint density at radius 1 is 1.42 bits per heavy atom. The second kappa shape index (κ2) is 4.86. The second-order valence-corrected chi connectivity index (χ2v) is 8.66. The second-order valence-electron chi connectivity index (χ2n) is 4.71. The Balaban J connectivity index is 2.66. The molecule has 0 amide bonds. The van der Waals surface area contributed by atoms with Crippen molar-refractivity contribution in [3.63, 3.8) is 0 Å². The van der Waals surface area contributed by atoms with Crippen LogP contribution in [0.15, 0.2) is 32.0 Å². The Morgan fingerprint density at radius 2 is 2.05 bits per heavy atom. The Kier molecular flexibility index (Phi) is 3.83. The molecule has 1 aromatic carbocycles. The average molecular weight is 412 g/mol. The van der Waals surface area contributed by atoms with E-state index in [9.17, 15) is 18.3 Å². The van der Waals surface area contributed by atoms with Crippen LogP contribution in [0.2, 0.25) is 0 Å². The molecule has 2 atom stereocenters. The van der Waals surface area contributed by atoms with E-state index in [1.54, 1.807) is 19.1 Å². The monoisotopic (exact) mass is 410 g/mol. The SMILES string of the molecule is CC1CCC1(C(=O)O)S(=O)(=O)c1cc(Br)ccc1Br. The lowest BCUT2D eigenvalue weighted by Gasteiger charge is -2.43. The number of carboxylic acid groups (broad SMARTS) is 1. The van der Waals surface area contributed by atoms with Gasteiger partial charge >= 0.3 is 5.97 Å². The zero-order valence-electron chi connectivity index (χ0n) is 10.1. The third-order valence-corrected chi connectivity index (χ3v) is 7.87. The molecule has 2 rings (SSSR count). The van der Waals surface area contributed by atoms with Crippen molar-refractivity contribution in [2.75, 3.05) is 0 Å². The van der Waals surface area contributed by atoms with E-state index in [-0.39, 0.29) is 17.2 Å². The fourth-order valence-corrected chi connectivity index (χ4v) is 6.07. The van der Waals surface area contributed by atoms with Crippen LogP contribution in [-0.4, -0.2) is 24.2 Å². The number of sulfone groups is 1. The highest BCUT2D eigenvalue weighted by atomic mass is 79.9. The standard InChI is InChI=1S/C12H12Br2O4S/c1-7-4-5-12(7,11(15)16)19(17,18)10-6-8(13)2-3-9(10)14/h2-3,6-7H,4-5H2,1H3,(H,15,16). The van der Waals surface area contributed by atoms with Crippen LogP contribution in [-0.2, 0) is 14.6 Å². The highest BCUT2D eigenvalue weighted by Crippen LogP contribution is 2.49. The van der Waals surface area contributed by atoms with Gasteiger partial charge in [-0.15, -0.1) is 0 Å². The lowest BCUT2D eigenvalue weighted by Crippen LogP contribution is -2.58. The highest BCUT2D eigenvalue weighted by Gasteiger charge is 2.61. The number of halogens is 2. The fraction of sp³-hybridized carbons (Fsp3) is 0.417. The topological polar surface area (TPSA) is 71.4 Å². The molecule has 0 radical (unpaired) electrons. The van der Waals surface area contributed by atoms with Crippen molar-refractivity contribution in [2.24, 2.45) is 5.92 Å². The summed E-state index contributed by atoms with van der Waals surface area (Å²) in [7, 11) is -3.94. The summed E-state index contributed by atoms with van der Waals surface area (Å²) in [5.74, 6) is -1.65. The van der Waals surface area contributed by atoms with Crippen molar-refractivity contribution < 1.29 is 18.3 Å². The maximum Gasteiger partial charge on any atom is 0.325 e. The molecule has 1 aliphatic carbocycles. The van der Waals surface area contributed by atoms with E-state index in [2.05, 4.69) is 31.9 Å². The smallest absolute Gasteiger partial charge is 0.325 e. The minimum atomic E-state index is -3.94. The Hall–Kier alpha value is -0.400. The number of hydrogen-bond donors (Lipinski definition) is 1. The maximum absolute atomic E-state index is 12.7. The minimum absolute atomic E-state index is 0.0239. The molecule has 0 aliphatic heterocycles. The van der Waals surface area contributed by atoms with Crippen molar-refractivity contribution in [1.82, 2.24) is 0 Å². The van der Waals surface area contributed by atoms with E-state index < -0.39 is 20.6 Å². The van der Waals surface area contributed by atoms with Gasteiger partial charge in [-0.2, -0.15) is 0 Å². The van der Waals surface area contributed by atoms with Crippen LogP contribution in [0, 0.1) is 5.92 Å². The van der Waals surface area contributed by atoms with Crippen LogP contribution in [0.4, 0.5) is 0 Å². The molecule has 0 heterocycles. The largest absolute Gasteiger partial charge is 0.480 e. The number of benzene rings is 1. The highest BCUT2D eigenvalue weighted by molar-refractivity contribution is 9.11. The molecule has 4 nitrogen and oxygen atoms in total. The van der Waals surface area contributed by atoms with Gasteiger partial charge in [0, 0.05) is 8.95 Å². The molecule has 104 valence electrons. The molecular formula is C12H12Br2O4S. The van der Waals surface area contributed by atoms with E-state index >= 15 is 0 Å². The molecule has 1 aromatic rings. The number of aliphatic carboxylic acids is 1. The number of rotatable bonds is 3. The van der Waals surface area contributed by atoms with Crippen LogP contribution in [0.3, 0.4) is 0 Å². The first-order valence-electron chi connectivity index (χ1n) is 5.66. The third-order valence-electron chi connectivity index (χ3n) is 3.77. The molecule has 0 bridgehead atoms. The van der Waals surface area contributed by atoms with Crippen LogP contribution >= 0.6 is 31.9 Å². The molecule has 0 aromatic heterocycles. The first-order valence-corrected chi connectivity index (χ1v) is 8.73. The molecule has 2 unspecified atom stereocenters. The zero-order chi connectivity index (χ0) is 14.4. The molecule has 1 saturated carbocycles. The van der Waals surface area contributed by atoms with Gasteiger partial charge in [0.05, 0.1) is 4.90 Å². The van der Waals surface area contributed by atoms with Crippen molar-refractivity contribution in [1.29, 1.82) is 0 Å². The van der Waals surface area contributed by atoms with Crippen LogP contribution in [0.1, 0.15) is 19.8 Å². The van der Waals surface area contributed by atoms with Gasteiger partial charge in [-0.3, -0.25) is 4.79 Å². The number of hydrogen-bond acceptors (Lipinski definition) is 3. The van der Waals surface area contributed by atoms with E-state index in [1.165, 1.54) is 6.07 Å². The van der Waals surface area contributed by atoms with Gasteiger partial charge in [-0.1, -0.05) is 22.9 Å². The molecule has 1 aliphatic rings. The number of carbonyl (C=O) groups is 1. The summed E-state index contributed by atoms with van der Waals surface area (Å²) in [6, 6.07) is 4.73. The number of carboxylic acids is 1. The Morgan fingerprint density at radius 3 is 2.47 bits per heavy atom. The lowest BCUT2D eigenvalue weighted by atomic mass is 9.74. The van der Waals surface area contributed by atoms with Gasteiger partial charge in [0.15, 0.2) is 14.6 Å². The summed E-state index contributed by atoms with van der Waals surface area (Å²) in [6.07, 6.45) is 0.766. The molecule has 1 fully saturated rings. The molecule has 1 N–H and O–H groups in total. The predicted octanol–water partition coefficient (Wildman–Crippen LogP) is 3.24. The minimum Gasteiger partial charge on any atom is -0.480 e. The predicted molar refractivity (Wildman–Crippen MR) is 77.8 cm³/mol. The van der Waals surface area contributed by atoms with Gasteiger partial charge in [0.2, 0.25) is 0 Å². The van der Waals surface area contributed by atoms with Gasteiger partial charge < -0.3 is 5.11 Å². The Labute approximate surface area is 128 Å². The normalized spacial score (nSPS) is 26.8. The first-order chi connectivity index (χ1) is 8.73. The van der Waals surface area contributed by atoms with Crippen LogP contribution < -0.4 is 0 Å². The summed E-state index contributed by atoms with van der Waals surface area (Å²) in [6.45, 7) is 1.67. The lowest BCUT2D eigenvalue weighted by molar-refractivity contribution is -0.144. The van der Waals surface area contributed by atoms with Crippen molar-refractivity contribution in [3.8, 4) is 0 Å². The maximum atomic E-state index is 12.7. The van der Waals surface area contributed by atoms with Crippen molar-refractivity contribution >= 4 is 47.7 Å². The summed E-state index contributed by atoms with van der Waals surface area (Å²) in [5, 5.41) is 9.41. The van der Waals surface area contributed by atoms with E-state index in [4.69, 9.17) is 0 Å². The van der Waals surface area contributed by atoms with E-state index in [0.29, 0.717) is 15.4 Å². The fourth-order valence-electron chi connectivity index (χ4n) is 2.41. The molecule has 19 heavy (non-hydrogen) atoms. The van der Waals surface area contributed by atoms with Crippen LogP contribution in [0.5, 0.6) is 0 Å². The van der Waals surface area contributed by atoms with Crippen LogP contribution in [0.25, 0.3) is 0 Å². The molecule has 0 saturated heterocycles. The zero-order valence-corrected chi connectivity index (χ0v) is 14.0. The summed E-state index contributed by atoms with van der Waals surface area (Å²) < 4.78 is 24.7. The average Bonchev–Trinajstić information content (AvgIpc) is 2.29. The quantitative estimate of drug-likeness (QED) is 0.828. The first kappa shape index (κ1) is 15.0. The summed E-state index contributed by atoms with van der Waals surface area (Å²) >= 11 is 6.40. The summed E-state index contributed by atoms with van der Waals surface area (Å²) in [5.41, 5.74) is 0. The Bertz CT molecular complexity index is 641. The van der Waals surface area contributed by atoms with Gasteiger partial charge in [0.1, 0.15) is 0 Å². The van der Waals surface area contributed by atoms with Gasteiger partial charge in [-0.25, -0.2) is 8.42 Å². The van der Waals surface area contributed by atoms with Gasteiger partial charge in [0.25, 0.3) is 0 Å². The third kappa shape index (κ3) is 2.06. The van der Waals surface area contributed by atoms with E-state index in [0.717, 1.165) is 0 Å². The van der Waals surface area contributed by atoms with Crippen molar-refractivity contribution in [3.05, 3.63) is 27.1 Å². The van der Waals surface area contributed by atoms with E-state index in [1.807, 2.05) is 0 Å². The van der Waals surface area contributed by atoms with Gasteiger partial charge in [-0.05, 0) is 52.9 Å². The van der Waals surface area contributed by atoms with Crippen molar-refractivity contribution in [2.45, 2.75) is 29.4 Å².